The van der Waals surface area contributed by atoms with Crippen LogP contribution in [0.3, 0.4) is 0 Å². The fourth-order valence-corrected chi connectivity index (χ4v) is 2.88. The van der Waals surface area contributed by atoms with Crippen LogP contribution in [-0.4, -0.2) is 29.0 Å². The van der Waals surface area contributed by atoms with Gasteiger partial charge in [0.05, 0.1) is 0 Å². The van der Waals surface area contributed by atoms with Crippen molar-refractivity contribution in [2.45, 2.75) is 24.7 Å². The molecular formula is C13H16N2O2S. The Balaban J connectivity index is 1.90. The molecule has 2 rings (SSSR count). The maximum absolute atomic E-state index is 11.4. The number of nitrogens with zero attached hydrogens (tertiary/aromatic N) is 1. The van der Waals surface area contributed by atoms with Crippen LogP contribution in [0.2, 0.25) is 0 Å². The first kappa shape index (κ1) is 13.0. The van der Waals surface area contributed by atoms with Crippen LogP contribution in [0.25, 0.3) is 0 Å². The summed E-state index contributed by atoms with van der Waals surface area (Å²) in [4.78, 5) is 25.2. The summed E-state index contributed by atoms with van der Waals surface area (Å²) in [5, 5.41) is 0. The molecule has 5 heteroatoms. The molecule has 0 saturated carbocycles. The van der Waals surface area contributed by atoms with E-state index in [-0.39, 0.29) is 11.8 Å². The predicted octanol–water partition coefficient (Wildman–Crippen LogP) is 1.82. The molecule has 96 valence electrons. The molecule has 2 amide bonds. The van der Waals surface area contributed by atoms with E-state index in [1.54, 1.807) is 11.8 Å². The number of rotatable bonds is 4. The van der Waals surface area contributed by atoms with E-state index in [1.165, 1.54) is 4.90 Å². The van der Waals surface area contributed by atoms with Gasteiger partial charge >= 0.3 is 0 Å². The van der Waals surface area contributed by atoms with Crippen molar-refractivity contribution < 1.29 is 9.59 Å². The Bertz CT molecular complexity index is 472. The molecule has 0 aromatic heterocycles. The molecule has 1 aromatic rings. The molecule has 0 spiro atoms. The average molecular weight is 264 g/mol. The van der Waals surface area contributed by atoms with Crippen LogP contribution in [0, 0.1) is 6.92 Å². The number of benzene rings is 1. The van der Waals surface area contributed by atoms with Crippen LogP contribution in [-0.2, 0) is 9.59 Å². The third kappa shape index (κ3) is 2.85. The van der Waals surface area contributed by atoms with Crippen molar-refractivity contribution in [3.8, 4) is 0 Å². The number of hydrogen-bond donors (Lipinski definition) is 1. The molecule has 0 bridgehead atoms. The number of likely N-dealkylation sites (tertiary alicyclic amines) is 1. The van der Waals surface area contributed by atoms with Gasteiger partial charge in [-0.3, -0.25) is 14.5 Å². The van der Waals surface area contributed by atoms with Gasteiger partial charge in [0.25, 0.3) is 0 Å². The third-order valence-electron chi connectivity index (χ3n) is 2.90. The molecule has 4 nitrogen and oxygen atoms in total. The maximum Gasteiger partial charge on any atom is 0.229 e. The van der Waals surface area contributed by atoms with E-state index in [0.717, 1.165) is 16.1 Å². The lowest BCUT2D eigenvalue weighted by atomic mass is 10.2. The maximum atomic E-state index is 11.4. The Morgan fingerprint density at radius 2 is 1.94 bits per heavy atom. The van der Waals surface area contributed by atoms with Crippen LogP contribution < -0.4 is 5.73 Å². The number of nitrogen functional groups attached to an aromatic ring is 1. The summed E-state index contributed by atoms with van der Waals surface area (Å²) in [6, 6.07) is 5.87. The van der Waals surface area contributed by atoms with Crippen LogP contribution in [0.15, 0.2) is 23.1 Å². The van der Waals surface area contributed by atoms with E-state index in [9.17, 15) is 9.59 Å². The molecule has 0 radical (unpaired) electrons. The Kier molecular flexibility index (Phi) is 3.91. The van der Waals surface area contributed by atoms with Crippen molar-refractivity contribution in [3.63, 3.8) is 0 Å². The number of nitrogens with two attached hydrogens (primary N) is 1. The van der Waals surface area contributed by atoms with Crippen LogP contribution in [0.4, 0.5) is 5.69 Å². The zero-order chi connectivity index (χ0) is 13.1. The van der Waals surface area contributed by atoms with Gasteiger partial charge in [-0.05, 0) is 24.6 Å². The summed E-state index contributed by atoms with van der Waals surface area (Å²) in [6.45, 7) is 2.48. The number of aryl methyl sites for hydroxylation is 1. The van der Waals surface area contributed by atoms with Gasteiger partial charge in [0.15, 0.2) is 0 Å². The standard InChI is InChI=1S/C13H16N2O2S/c1-9-2-3-10(14)11(8-9)18-7-6-15-12(16)4-5-13(15)17/h2-3,8H,4-7,14H2,1H3. The van der Waals surface area contributed by atoms with E-state index < -0.39 is 0 Å². The van der Waals surface area contributed by atoms with Crippen molar-refractivity contribution in [1.82, 2.24) is 4.90 Å². The van der Waals surface area contributed by atoms with E-state index in [2.05, 4.69) is 0 Å². The van der Waals surface area contributed by atoms with Crippen molar-refractivity contribution in [2.24, 2.45) is 0 Å². The van der Waals surface area contributed by atoms with E-state index in [1.807, 2.05) is 25.1 Å². The topological polar surface area (TPSA) is 63.4 Å². The van der Waals surface area contributed by atoms with Gasteiger partial charge in [0.1, 0.15) is 0 Å². The minimum atomic E-state index is -0.0576. The predicted molar refractivity (Wildman–Crippen MR) is 72.3 cm³/mol. The van der Waals surface area contributed by atoms with Crippen LogP contribution in [0.1, 0.15) is 18.4 Å². The average Bonchev–Trinajstić information content (AvgIpc) is 2.65. The molecule has 1 saturated heterocycles. The summed E-state index contributed by atoms with van der Waals surface area (Å²) in [7, 11) is 0. The second-order valence-corrected chi connectivity index (χ2v) is 5.47. The van der Waals surface area contributed by atoms with Crippen LogP contribution >= 0.6 is 11.8 Å². The Morgan fingerprint density at radius 1 is 1.28 bits per heavy atom. The summed E-state index contributed by atoms with van der Waals surface area (Å²) >= 11 is 1.58. The van der Waals surface area contributed by atoms with Gasteiger partial charge in [0.2, 0.25) is 11.8 Å². The van der Waals surface area contributed by atoms with Gasteiger partial charge in [-0.25, -0.2) is 0 Å². The molecule has 1 aliphatic heterocycles. The lowest BCUT2D eigenvalue weighted by Gasteiger charge is -2.13. The minimum absolute atomic E-state index is 0.0576. The van der Waals surface area contributed by atoms with E-state index >= 15 is 0 Å². The zero-order valence-corrected chi connectivity index (χ0v) is 11.1. The first-order valence-electron chi connectivity index (χ1n) is 5.90. The van der Waals surface area contributed by atoms with Gasteiger partial charge in [0, 0.05) is 35.7 Å². The molecule has 1 heterocycles. The lowest BCUT2D eigenvalue weighted by molar-refractivity contribution is -0.137. The number of imide groups is 1. The Labute approximate surface area is 111 Å². The summed E-state index contributed by atoms with van der Waals surface area (Å²) < 4.78 is 0. The van der Waals surface area contributed by atoms with Gasteiger partial charge < -0.3 is 5.73 Å². The monoisotopic (exact) mass is 264 g/mol. The number of carbonyl (C=O) groups is 2. The fraction of sp³-hybridized carbons (Fsp3) is 0.385. The molecule has 0 aliphatic carbocycles. The summed E-state index contributed by atoms with van der Waals surface area (Å²) in [6.07, 6.45) is 0.714. The van der Waals surface area contributed by atoms with Crippen LogP contribution in [0.5, 0.6) is 0 Å². The zero-order valence-electron chi connectivity index (χ0n) is 10.3. The van der Waals surface area contributed by atoms with Gasteiger partial charge in [-0.15, -0.1) is 11.8 Å². The highest BCUT2D eigenvalue weighted by Gasteiger charge is 2.28. The van der Waals surface area contributed by atoms with E-state index in [0.29, 0.717) is 25.1 Å². The fourth-order valence-electron chi connectivity index (χ4n) is 1.89. The number of amides is 2. The molecule has 2 N–H and O–H groups in total. The highest BCUT2D eigenvalue weighted by Crippen LogP contribution is 2.26. The normalized spacial score (nSPS) is 15.5. The van der Waals surface area contributed by atoms with Gasteiger partial charge in [-0.1, -0.05) is 6.07 Å². The first-order chi connectivity index (χ1) is 8.58. The molecule has 1 fully saturated rings. The largest absolute Gasteiger partial charge is 0.398 e. The molecule has 1 aliphatic rings. The second kappa shape index (κ2) is 5.44. The smallest absolute Gasteiger partial charge is 0.229 e. The van der Waals surface area contributed by atoms with Crippen molar-refractivity contribution in [3.05, 3.63) is 23.8 Å². The molecule has 0 unspecified atom stereocenters. The minimum Gasteiger partial charge on any atom is -0.398 e. The molecule has 1 aromatic carbocycles. The van der Waals surface area contributed by atoms with E-state index in [4.69, 9.17) is 5.73 Å². The molecule has 18 heavy (non-hydrogen) atoms. The lowest BCUT2D eigenvalue weighted by Crippen LogP contribution is -2.31. The Morgan fingerprint density at radius 3 is 2.61 bits per heavy atom. The quantitative estimate of drug-likeness (QED) is 0.512. The number of carbonyl (C=O) groups excluding carboxylic acids is 2. The first-order valence-corrected chi connectivity index (χ1v) is 6.88. The third-order valence-corrected chi connectivity index (χ3v) is 3.95. The number of anilines is 1. The van der Waals surface area contributed by atoms with Crippen molar-refractivity contribution in [2.75, 3.05) is 18.0 Å². The second-order valence-electron chi connectivity index (χ2n) is 4.33. The Hall–Kier alpha value is -1.49. The molecule has 0 atom stereocenters. The highest BCUT2D eigenvalue weighted by atomic mass is 32.2. The summed E-state index contributed by atoms with van der Waals surface area (Å²) in [5.74, 6) is 0.570. The SMILES string of the molecule is Cc1ccc(N)c(SCCN2C(=O)CCC2=O)c1. The van der Waals surface area contributed by atoms with Gasteiger partial charge in [-0.2, -0.15) is 0 Å². The summed E-state index contributed by atoms with van der Waals surface area (Å²) in [5.41, 5.74) is 7.76. The number of thioether (sulfide) groups is 1. The van der Waals surface area contributed by atoms with Crippen molar-refractivity contribution in [1.29, 1.82) is 0 Å². The number of hydrogen-bond acceptors (Lipinski definition) is 4. The molecular weight excluding hydrogens is 248 g/mol. The van der Waals surface area contributed by atoms with Crippen molar-refractivity contribution >= 4 is 29.3 Å². The highest BCUT2D eigenvalue weighted by molar-refractivity contribution is 7.99.